The molecule has 0 aromatic carbocycles. The Balaban J connectivity index is 1.55. The van der Waals surface area contributed by atoms with Crippen molar-refractivity contribution in [3.05, 3.63) is 47.8 Å². The number of hydrogen-bond acceptors (Lipinski definition) is 6. The van der Waals surface area contributed by atoms with Crippen LogP contribution in [0.1, 0.15) is 49.7 Å². The number of hydrogen-bond donors (Lipinski definition) is 1. The maximum Gasteiger partial charge on any atom is 0.216 e. The van der Waals surface area contributed by atoms with Crippen molar-refractivity contribution in [2.75, 3.05) is 27.2 Å². The smallest absolute Gasteiger partial charge is 0.216 e. The molecule has 4 aromatic rings. The van der Waals surface area contributed by atoms with Gasteiger partial charge in [0, 0.05) is 22.9 Å². The van der Waals surface area contributed by atoms with Crippen LogP contribution in [-0.4, -0.2) is 61.9 Å². The van der Waals surface area contributed by atoms with Crippen LogP contribution in [0.4, 0.5) is 4.39 Å². The number of rotatable bonds is 5. The third kappa shape index (κ3) is 3.86. The zero-order chi connectivity index (χ0) is 23.1. The molecule has 0 saturated carbocycles. The molecule has 1 fully saturated rings. The summed E-state index contributed by atoms with van der Waals surface area (Å²) in [5, 5.41) is 11.9. The standard InChI is InChI=1S/C24H28FN7O/c1-14(2)20-21(16-11-19(33-4)24-26-13-27-32(24)12-16)29-30-22(20)18-6-5-17(23(25)28-18)15-7-9-31(3)10-8-15/h5-6,11-15H,7-10H2,1-4H3,(H,29,30). The van der Waals surface area contributed by atoms with Gasteiger partial charge in [0.05, 0.1) is 24.2 Å². The van der Waals surface area contributed by atoms with Crippen molar-refractivity contribution in [3.63, 3.8) is 0 Å². The Labute approximate surface area is 191 Å². The van der Waals surface area contributed by atoms with Gasteiger partial charge in [0.25, 0.3) is 0 Å². The van der Waals surface area contributed by atoms with Crippen molar-refractivity contribution in [2.45, 2.75) is 38.5 Å². The topological polar surface area (TPSA) is 84.2 Å². The predicted octanol–water partition coefficient (Wildman–Crippen LogP) is 4.26. The molecule has 4 aromatic heterocycles. The third-order valence-electron chi connectivity index (χ3n) is 6.51. The lowest BCUT2D eigenvalue weighted by Crippen LogP contribution is -2.29. The van der Waals surface area contributed by atoms with Crippen molar-refractivity contribution in [1.29, 1.82) is 0 Å². The summed E-state index contributed by atoms with van der Waals surface area (Å²) in [4.78, 5) is 10.9. The van der Waals surface area contributed by atoms with E-state index in [4.69, 9.17) is 4.74 Å². The Morgan fingerprint density at radius 2 is 2.00 bits per heavy atom. The van der Waals surface area contributed by atoms with E-state index in [2.05, 4.69) is 51.1 Å². The number of piperidine rings is 1. The van der Waals surface area contributed by atoms with Crippen LogP contribution in [0.3, 0.4) is 0 Å². The molecular weight excluding hydrogens is 421 g/mol. The highest BCUT2D eigenvalue weighted by molar-refractivity contribution is 5.75. The number of methoxy groups -OCH3 is 1. The molecule has 0 amide bonds. The van der Waals surface area contributed by atoms with Crippen LogP contribution in [0.2, 0.25) is 0 Å². The number of nitrogens with one attached hydrogen (secondary N) is 1. The average molecular weight is 450 g/mol. The first kappa shape index (κ1) is 21.5. The molecule has 5 rings (SSSR count). The van der Waals surface area contributed by atoms with E-state index in [1.807, 2.05) is 24.4 Å². The lowest BCUT2D eigenvalue weighted by molar-refractivity contribution is 0.252. The molecule has 0 unspecified atom stereocenters. The quantitative estimate of drug-likeness (QED) is 0.458. The van der Waals surface area contributed by atoms with Gasteiger partial charge in [0.15, 0.2) is 11.4 Å². The van der Waals surface area contributed by atoms with Crippen LogP contribution in [0.25, 0.3) is 28.3 Å². The van der Waals surface area contributed by atoms with Gasteiger partial charge in [0.2, 0.25) is 5.95 Å². The van der Waals surface area contributed by atoms with Gasteiger partial charge in [-0.05, 0) is 56.9 Å². The second kappa shape index (κ2) is 8.55. The normalized spacial score (nSPS) is 15.6. The Morgan fingerprint density at radius 3 is 2.70 bits per heavy atom. The SMILES string of the molecule is COc1cc(-c2n[nH]c(-c3ccc(C4CCN(C)CC4)c(F)n3)c2C(C)C)cn2ncnc12. The summed E-state index contributed by atoms with van der Waals surface area (Å²) < 4.78 is 22.3. The van der Waals surface area contributed by atoms with Gasteiger partial charge in [-0.25, -0.2) is 14.5 Å². The van der Waals surface area contributed by atoms with Gasteiger partial charge in [-0.3, -0.25) is 5.10 Å². The summed E-state index contributed by atoms with van der Waals surface area (Å²) >= 11 is 0. The number of fused-ring (bicyclic) bond motifs is 1. The van der Waals surface area contributed by atoms with E-state index in [0.29, 0.717) is 22.7 Å². The average Bonchev–Trinajstić information content (AvgIpc) is 3.46. The summed E-state index contributed by atoms with van der Waals surface area (Å²) in [5.74, 6) is 0.561. The van der Waals surface area contributed by atoms with E-state index in [1.165, 1.54) is 6.33 Å². The number of aromatic nitrogens is 6. The zero-order valence-electron chi connectivity index (χ0n) is 19.3. The molecule has 172 valence electrons. The predicted molar refractivity (Wildman–Crippen MR) is 124 cm³/mol. The molecule has 0 spiro atoms. The number of H-pyrrole nitrogens is 1. The summed E-state index contributed by atoms with van der Waals surface area (Å²) in [7, 11) is 3.71. The molecule has 9 heteroatoms. The van der Waals surface area contributed by atoms with Crippen molar-refractivity contribution in [3.8, 4) is 28.4 Å². The van der Waals surface area contributed by atoms with Crippen molar-refractivity contribution < 1.29 is 9.13 Å². The van der Waals surface area contributed by atoms with Crippen LogP contribution in [-0.2, 0) is 0 Å². The molecule has 0 atom stereocenters. The minimum Gasteiger partial charge on any atom is -0.493 e. The highest BCUT2D eigenvalue weighted by Crippen LogP contribution is 2.37. The fourth-order valence-electron chi connectivity index (χ4n) is 4.71. The van der Waals surface area contributed by atoms with Gasteiger partial charge < -0.3 is 9.64 Å². The van der Waals surface area contributed by atoms with E-state index in [-0.39, 0.29) is 11.8 Å². The van der Waals surface area contributed by atoms with Crippen LogP contribution in [0.5, 0.6) is 5.75 Å². The molecule has 1 N–H and O–H groups in total. The van der Waals surface area contributed by atoms with E-state index >= 15 is 4.39 Å². The maximum absolute atomic E-state index is 15.1. The molecule has 0 aliphatic carbocycles. The molecule has 1 aliphatic rings. The maximum atomic E-state index is 15.1. The number of ether oxygens (including phenoxy) is 1. The Hall–Kier alpha value is -3.33. The van der Waals surface area contributed by atoms with Crippen LogP contribution in [0.15, 0.2) is 30.7 Å². The second-order valence-corrected chi connectivity index (χ2v) is 9.00. The highest BCUT2D eigenvalue weighted by atomic mass is 19.1. The molecular formula is C24H28FN7O. The van der Waals surface area contributed by atoms with Crippen LogP contribution >= 0.6 is 0 Å². The first-order chi connectivity index (χ1) is 16.0. The van der Waals surface area contributed by atoms with Gasteiger partial charge in [-0.2, -0.15) is 14.6 Å². The first-order valence-electron chi connectivity index (χ1n) is 11.3. The summed E-state index contributed by atoms with van der Waals surface area (Å²) in [5.41, 5.74) is 5.19. The van der Waals surface area contributed by atoms with Crippen LogP contribution in [0, 0.1) is 5.95 Å². The van der Waals surface area contributed by atoms with E-state index in [9.17, 15) is 0 Å². The number of nitrogens with zero attached hydrogens (tertiary/aromatic N) is 6. The molecule has 33 heavy (non-hydrogen) atoms. The minimum atomic E-state index is -0.390. The molecule has 1 aliphatic heterocycles. The van der Waals surface area contributed by atoms with Gasteiger partial charge >= 0.3 is 0 Å². The Bertz CT molecular complexity index is 1290. The summed E-state index contributed by atoms with van der Waals surface area (Å²) in [6, 6.07) is 5.69. The monoisotopic (exact) mass is 449 g/mol. The van der Waals surface area contributed by atoms with Crippen molar-refractivity contribution in [1.82, 2.24) is 34.7 Å². The van der Waals surface area contributed by atoms with Gasteiger partial charge in [-0.15, -0.1) is 0 Å². The number of likely N-dealkylation sites (tertiary alicyclic amines) is 1. The third-order valence-corrected chi connectivity index (χ3v) is 6.51. The van der Waals surface area contributed by atoms with E-state index in [1.54, 1.807) is 11.6 Å². The van der Waals surface area contributed by atoms with Crippen molar-refractivity contribution >= 4 is 5.65 Å². The Kier molecular flexibility index (Phi) is 5.57. The molecule has 5 heterocycles. The second-order valence-electron chi connectivity index (χ2n) is 9.00. The minimum absolute atomic E-state index is 0.129. The first-order valence-corrected chi connectivity index (χ1v) is 11.3. The highest BCUT2D eigenvalue weighted by Gasteiger charge is 2.25. The molecule has 8 nitrogen and oxygen atoms in total. The summed E-state index contributed by atoms with van der Waals surface area (Å²) in [6.07, 6.45) is 5.26. The zero-order valence-corrected chi connectivity index (χ0v) is 19.3. The number of halogens is 1. The van der Waals surface area contributed by atoms with E-state index < -0.39 is 5.95 Å². The number of pyridine rings is 2. The van der Waals surface area contributed by atoms with Crippen LogP contribution < -0.4 is 4.74 Å². The summed E-state index contributed by atoms with van der Waals surface area (Å²) in [6.45, 7) is 6.14. The molecule has 1 saturated heterocycles. The number of aromatic amines is 1. The molecule has 0 bridgehead atoms. The lowest BCUT2D eigenvalue weighted by atomic mass is 9.90. The largest absolute Gasteiger partial charge is 0.493 e. The fraction of sp³-hybridized carbons (Fsp3) is 0.417. The fourth-order valence-corrected chi connectivity index (χ4v) is 4.71. The molecule has 0 radical (unpaired) electrons. The van der Waals surface area contributed by atoms with Gasteiger partial charge in [0.1, 0.15) is 6.33 Å². The van der Waals surface area contributed by atoms with E-state index in [0.717, 1.165) is 48.4 Å². The lowest BCUT2D eigenvalue weighted by Gasteiger charge is -2.29. The van der Waals surface area contributed by atoms with Gasteiger partial charge in [-0.1, -0.05) is 19.9 Å². The van der Waals surface area contributed by atoms with Crippen molar-refractivity contribution in [2.24, 2.45) is 0 Å². The Morgan fingerprint density at radius 1 is 1.21 bits per heavy atom.